The Hall–Kier alpha value is -3.85. The highest BCUT2D eigenvalue weighted by Crippen LogP contribution is 2.43. The van der Waals surface area contributed by atoms with Crippen molar-refractivity contribution in [2.75, 3.05) is 0 Å². The molecule has 4 aromatic carbocycles. The Morgan fingerprint density at radius 3 is 2.38 bits per heavy atom. The number of ether oxygens (including phenoxy) is 1. The summed E-state index contributed by atoms with van der Waals surface area (Å²) >= 11 is 0. The van der Waals surface area contributed by atoms with Gasteiger partial charge in [0.15, 0.2) is 0 Å². The molecule has 0 radical (unpaired) electrons. The van der Waals surface area contributed by atoms with E-state index in [0.29, 0.717) is 5.90 Å². The van der Waals surface area contributed by atoms with Gasteiger partial charge in [0.05, 0.1) is 0 Å². The smallest absolute Gasteiger partial charge is 0.222 e. The number of hydrogen-bond donors (Lipinski definition) is 1. The summed E-state index contributed by atoms with van der Waals surface area (Å²) in [6, 6.07) is 31.0. The first-order chi connectivity index (χ1) is 14.4. The number of rotatable bonds is 2. The van der Waals surface area contributed by atoms with E-state index in [9.17, 15) is 0 Å². The molecule has 0 saturated carbocycles. The van der Waals surface area contributed by atoms with Crippen LogP contribution in [0.1, 0.15) is 22.7 Å². The molecule has 6 rings (SSSR count). The zero-order valence-electron chi connectivity index (χ0n) is 15.7. The summed E-state index contributed by atoms with van der Waals surface area (Å²) in [4.78, 5) is 8.52. The second-order valence-corrected chi connectivity index (χ2v) is 7.29. The van der Waals surface area contributed by atoms with Crippen LogP contribution in [0.4, 0.5) is 0 Å². The molecule has 138 valence electrons. The topological polar surface area (TPSA) is 37.4 Å². The van der Waals surface area contributed by atoms with Gasteiger partial charge in [-0.15, -0.1) is 0 Å². The Morgan fingerprint density at radius 2 is 1.48 bits per heavy atom. The van der Waals surface area contributed by atoms with Gasteiger partial charge >= 0.3 is 0 Å². The molecule has 5 aromatic rings. The molecular formula is C26H18N2O. The number of hydrogen-bond acceptors (Lipinski definition) is 2. The molecule has 0 amide bonds. The van der Waals surface area contributed by atoms with Crippen molar-refractivity contribution >= 4 is 27.6 Å². The van der Waals surface area contributed by atoms with Crippen molar-refractivity contribution in [1.82, 2.24) is 4.98 Å². The van der Waals surface area contributed by atoms with Gasteiger partial charge in [0.2, 0.25) is 5.90 Å². The van der Waals surface area contributed by atoms with E-state index in [4.69, 9.17) is 9.73 Å². The average molecular weight is 374 g/mol. The molecule has 0 fully saturated rings. The molecule has 0 spiro atoms. The van der Waals surface area contributed by atoms with E-state index in [1.165, 1.54) is 16.2 Å². The first-order valence-corrected chi connectivity index (χ1v) is 9.77. The van der Waals surface area contributed by atoms with E-state index in [-0.39, 0.29) is 6.04 Å². The van der Waals surface area contributed by atoms with Crippen molar-refractivity contribution in [2.24, 2.45) is 4.99 Å². The Balaban J connectivity index is 1.65. The Bertz CT molecular complexity index is 1380. The number of nitrogens with one attached hydrogen (secondary N) is 1. The maximum atomic E-state index is 6.31. The molecule has 0 bridgehead atoms. The van der Waals surface area contributed by atoms with Crippen LogP contribution in [0.5, 0.6) is 5.75 Å². The summed E-state index contributed by atoms with van der Waals surface area (Å²) in [6.07, 6.45) is 2.08. The highest BCUT2D eigenvalue weighted by atomic mass is 16.5. The number of aromatic amines is 1. The highest BCUT2D eigenvalue weighted by Gasteiger charge is 2.29. The fraction of sp³-hybridized carbons (Fsp3) is 0.0385. The molecule has 1 unspecified atom stereocenters. The number of para-hydroxylation sites is 1. The monoisotopic (exact) mass is 374 g/mol. The predicted molar refractivity (Wildman–Crippen MR) is 118 cm³/mol. The van der Waals surface area contributed by atoms with E-state index in [1.54, 1.807) is 0 Å². The number of aliphatic imine (C=N–C) groups is 1. The van der Waals surface area contributed by atoms with E-state index in [1.807, 2.05) is 30.3 Å². The van der Waals surface area contributed by atoms with Crippen LogP contribution in [0.3, 0.4) is 0 Å². The summed E-state index contributed by atoms with van der Waals surface area (Å²) in [5, 5.41) is 3.56. The highest BCUT2D eigenvalue weighted by molar-refractivity contribution is 6.00. The lowest BCUT2D eigenvalue weighted by Crippen LogP contribution is -2.19. The molecule has 29 heavy (non-hydrogen) atoms. The van der Waals surface area contributed by atoms with Crippen LogP contribution in [-0.4, -0.2) is 10.9 Å². The number of fused-ring (bicyclic) bond motifs is 4. The van der Waals surface area contributed by atoms with Crippen LogP contribution >= 0.6 is 0 Å². The number of nitrogens with zero attached hydrogens (tertiary/aromatic N) is 1. The minimum atomic E-state index is -0.142. The molecule has 1 aliphatic heterocycles. The van der Waals surface area contributed by atoms with Gasteiger partial charge in [0, 0.05) is 33.8 Å². The lowest BCUT2D eigenvalue weighted by Gasteiger charge is -2.26. The fourth-order valence-corrected chi connectivity index (χ4v) is 4.22. The normalized spacial score (nSPS) is 15.7. The summed E-state index contributed by atoms with van der Waals surface area (Å²) in [7, 11) is 0. The third kappa shape index (κ3) is 2.55. The Morgan fingerprint density at radius 1 is 0.724 bits per heavy atom. The van der Waals surface area contributed by atoms with E-state index >= 15 is 0 Å². The third-order valence-electron chi connectivity index (χ3n) is 5.59. The lowest BCUT2D eigenvalue weighted by atomic mass is 9.92. The molecule has 3 heteroatoms. The van der Waals surface area contributed by atoms with Gasteiger partial charge in [-0.05, 0) is 35.0 Å². The van der Waals surface area contributed by atoms with Crippen molar-refractivity contribution in [2.45, 2.75) is 6.04 Å². The van der Waals surface area contributed by atoms with Crippen LogP contribution in [0.25, 0.3) is 21.7 Å². The van der Waals surface area contributed by atoms with Gasteiger partial charge in [0.25, 0.3) is 0 Å². The van der Waals surface area contributed by atoms with Crippen molar-refractivity contribution in [1.29, 1.82) is 0 Å². The van der Waals surface area contributed by atoms with Crippen molar-refractivity contribution in [3.8, 4) is 5.75 Å². The average Bonchev–Trinajstić information content (AvgIpc) is 3.23. The molecule has 0 aliphatic carbocycles. The van der Waals surface area contributed by atoms with Crippen LogP contribution in [0.15, 0.2) is 102 Å². The van der Waals surface area contributed by atoms with Gasteiger partial charge in [-0.2, -0.15) is 0 Å². The van der Waals surface area contributed by atoms with Crippen LogP contribution in [0, 0.1) is 0 Å². The maximum Gasteiger partial charge on any atom is 0.222 e. The molecular weight excluding hydrogens is 356 g/mol. The minimum Gasteiger partial charge on any atom is -0.438 e. The van der Waals surface area contributed by atoms with Crippen LogP contribution in [0.2, 0.25) is 0 Å². The Labute approximate surface area is 168 Å². The molecule has 3 nitrogen and oxygen atoms in total. The summed E-state index contributed by atoms with van der Waals surface area (Å²) in [5.41, 5.74) is 4.38. The van der Waals surface area contributed by atoms with E-state index in [2.05, 4.69) is 71.8 Å². The first-order valence-electron chi connectivity index (χ1n) is 9.77. The zero-order chi connectivity index (χ0) is 19.2. The third-order valence-corrected chi connectivity index (χ3v) is 5.59. The van der Waals surface area contributed by atoms with Crippen molar-refractivity contribution < 1.29 is 4.74 Å². The fourth-order valence-electron chi connectivity index (χ4n) is 4.22. The minimum absolute atomic E-state index is 0.142. The molecule has 1 aliphatic rings. The molecule has 2 heterocycles. The van der Waals surface area contributed by atoms with E-state index in [0.717, 1.165) is 28.0 Å². The molecule has 1 atom stereocenters. The standard InChI is InChI=1S/C26H18N2O/c1-2-9-18(10-3-1)26-28-25(21-16-27-22-13-7-6-12-20(21)22)24-19-11-5-4-8-17(19)14-15-23(24)29-26/h1-16,25,27H. The number of aromatic nitrogens is 1. The predicted octanol–water partition coefficient (Wildman–Crippen LogP) is 6.25. The molecule has 1 aromatic heterocycles. The largest absolute Gasteiger partial charge is 0.438 e. The Kier molecular flexibility index (Phi) is 3.53. The van der Waals surface area contributed by atoms with Gasteiger partial charge in [-0.25, -0.2) is 4.99 Å². The van der Waals surface area contributed by atoms with Crippen molar-refractivity contribution in [3.05, 3.63) is 114 Å². The summed E-state index contributed by atoms with van der Waals surface area (Å²) in [5.74, 6) is 1.52. The van der Waals surface area contributed by atoms with E-state index < -0.39 is 0 Å². The summed E-state index contributed by atoms with van der Waals surface area (Å²) in [6.45, 7) is 0. The lowest BCUT2D eigenvalue weighted by molar-refractivity contribution is 0.515. The zero-order valence-corrected chi connectivity index (χ0v) is 15.7. The summed E-state index contributed by atoms with van der Waals surface area (Å²) < 4.78 is 6.31. The molecule has 1 N–H and O–H groups in total. The SMILES string of the molecule is c1ccc(C2=NC(c3c[nH]c4ccccc34)c3c(ccc4ccccc34)O2)cc1. The molecule has 0 saturated heterocycles. The second-order valence-electron chi connectivity index (χ2n) is 7.29. The number of benzene rings is 4. The van der Waals surface area contributed by atoms with Gasteiger partial charge in [-0.3, -0.25) is 0 Å². The van der Waals surface area contributed by atoms with Crippen molar-refractivity contribution in [3.63, 3.8) is 0 Å². The quantitative estimate of drug-likeness (QED) is 0.390. The van der Waals surface area contributed by atoms with Crippen LogP contribution in [-0.2, 0) is 0 Å². The second kappa shape index (κ2) is 6.35. The van der Waals surface area contributed by atoms with Gasteiger partial charge in [-0.1, -0.05) is 66.7 Å². The van der Waals surface area contributed by atoms with Gasteiger partial charge < -0.3 is 9.72 Å². The maximum absolute atomic E-state index is 6.31. The first kappa shape index (κ1) is 16.1. The van der Waals surface area contributed by atoms with Gasteiger partial charge in [0.1, 0.15) is 11.8 Å². The number of H-pyrrole nitrogens is 1. The van der Waals surface area contributed by atoms with Crippen LogP contribution < -0.4 is 4.74 Å².